The van der Waals surface area contributed by atoms with Crippen LogP contribution in [0.1, 0.15) is 27.9 Å². The number of hydrogen-bond acceptors (Lipinski definition) is 6. The summed E-state index contributed by atoms with van der Waals surface area (Å²) in [7, 11) is 1.63. The number of rotatable bonds is 10. The number of carbonyl (C=O) groups excluding carboxylic acids is 1. The number of nitriles is 1. The molecule has 0 aliphatic carbocycles. The first-order valence-electron chi connectivity index (χ1n) is 9.55. The van der Waals surface area contributed by atoms with Crippen molar-refractivity contribution in [2.45, 2.75) is 19.4 Å². The van der Waals surface area contributed by atoms with E-state index in [-0.39, 0.29) is 5.91 Å². The molecule has 2 heterocycles. The van der Waals surface area contributed by atoms with Gasteiger partial charge in [-0.2, -0.15) is 10.4 Å². The number of pyridine rings is 1. The number of nitrogens with zero attached hydrogens (tertiary/aromatic N) is 4. The van der Waals surface area contributed by atoms with Crippen LogP contribution in [-0.4, -0.2) is 40.9 Å². The molecule has 3 aromatic rings. The highest BCUT2D eigenvalue weighted by Gasteiger charge is 2.08. The predicted octanol–water partition coefficient (Wildman–Crippen LogP) is 2.68. The van der Waals surface area contributed by atoms with Gasteiger partial charge in [0.2, 0.25) is 0 Å². The summed E-state index contributed by atoms with van der Waals surface area (Å²) >= 11 is 0. The van der Waals surface area contributed by atoms with Gasteiger partial charge in [-0.3, -0.25) is 4.79 Å². The first-order chi connectivity index (χ1) is 14.7. The van der Waals surface area contributed by atoms with Crippen LogP contribution >= 0.6 is 0 Å². The molecule has 0 unspecified atom stereocenters. The smallest absolute Gasteiger partial charge is 0.252 e. The Labute approximate surface area is 175 Å². The number of hydrogen-bond donors (Lipinski definition) is 1. The lowest BCUT2D eigenvalue weighted by molar-refractivity contribution is 0.0948. The molecule has 154 valence electrons. The van der Waals surface area contributed by atoms with Crippen molar-refractivity contribution in [3.8, 4) is 17.6 Å². The fraction of sp³-hybridized carbons (Fsp3) is 0.273. The highest BCUT2D eigenvalue weighted by Crippen LogP contribution is 2.15. The van der Waals surface area contributed by atoms with Gasteiger partial charge in [-0.15, -0.1) is 0 Å². The highest BCUT2D eigenvalue weighted by molar-refractivity contribution is 5.93. The van der Waals surface area contributed by atoms with Crippen LogP contribution in [0.2, 0.25) is 0 Å². The molecule has 8 heteroatoms. The molecule has 1 amide bonds. The van der Waals surface area contributed by atoms with E-state index in [9.17, 15) is 4.79 Å². The zero-order chi connectivity index (χ0) is 21.2. The molecule has 0 bridgehead atoms. The summed E-state index contributed by atoms with van der Waals surface area (Å²) in [5, 5.41) is 15.8. The average Bonchev–Trinajstić information content (AvgIpc) is 3.25. The van der Waals surface area contributed by atoms with Crippen LogP contribution in [0.5, 0.6) is 5.75 Å². The number of benzene rings is 1. The van der Waals surface area contributed by atoms with Gasteiger partial charge in [0.05, 0.1) is 30.4 Å². The van der Waals surface area contributed by atoms with Crippen molar-refractivity contribution in [1.29, 1.82) is 5.26 Å². The fourth-order valence-electron chi connectivity index (χ4n) is 2.69. The van der Waals surface area contributed by atoms with E-state index in [0.717, 1.165) is 17.5 Å². The minimum Gasteiger partial charge on any atom is -0.486 e. The normalized spacial score (nSPS) is 10.4. The Morgan fingerprint density at radius 2 is 1.97 bits per heavy atom. The summed E-state index contributed by atoms with van der Waals surface area (Å²) < 4.78 is 12.3. The van der Waals surface area contributed by atoms with E-state index in [1.807, 2.05) is 24.3 Å². The van der Waals surface area contributed by atoms with Crippen LogP contribution in [0.4, 0.5) is 0 Å². The number of amides is 1. The molecule has 0 saturated carbocycles. The topological polar surface area (TPSA) is 102 Å². The molecule has 3 rings (SSSR count). The van der Waals surface area contributed by atoms with Crippen molar-refractivity contribution in [3.05, 3.63) is 71.7 Å². The third kappa shape index (κ3) is 5.90. The van der Waals surface area contributed by atoms with Gasteiger partial charge < -0.3 is 14.8 Å². The summed E-state index contributed by atoms with van der Waals surface area (Å²) in [5.74, 6) is 1.02. The molecule has 0 fully saturated rings. The van der Waals surface area contributed by atoms with Crippen LogP contribution in [-0.2, 0) is 17.8 Å². The summed E-state index contributed by atoms with van der Waals surface area (Å²) in [6.45, 7) is 1.55. The summed E-state index contributed by atoms with van der Waals surface area (Å²) in [5.41, 5.74) is 2.47. The quantitative estimate of drug-likeness (QED) is 0.520. The second kappa shape index (κ2) is 10.7. The summed E-state index contributed by atoms with van der Waals surface area (Å²) in [4.78, 5) is 16.4. The first-order valence-corrected chi connectivity index (χ1v) is 9.55. The molecule has 0 saturated heterocycles. The number of carbonyl (C=O) groups is 1. The average molecular weight is 405 g/mol. The van der Waals surface area contributed by atoms with Crippen molar-refractivity contribution >= 4 is 5.91 Å². The maximum Gasteiger partial charge on any atom is 0.252 e. The van der Waals surface area contributed by atoms with Crippen LogP contribution in [0, 0.1) is 11.3 Å². The maximum absolute atomic E-state index is 12.1. The van der Waals surface area contributed by atoms with Crippen molar-refractivity contribution in [2.75, 3.05) is 20.3 Å². The Kier molecular flexibility index (Phi) is 7.52. The van der Waals surface area contributed by atoms with Gasteiger partial charge in [-0.05, 0) is 29.7 Å². The van der Waals surface area contributed by atoms with Gasteiger partial charge in [-0.25, -0.2) is 9.67 Å². The van der Waals surface area contributed by atoms with Crippen LogP contribution in [0.15, 0.2) is 55.0 Å². The summed E-state index contributed by atoms with van der Waals surface area (Å²) in [6, 6.07) is 13.3. The number of methoxy groups -OCH3 is 1. The van der Waals surface area contributed by atoms with Gasteiger partial charge >= 0.3 is 0 Å². The van der Waals surface area contributed by atoms with Gasteiger partial charge in [-0.1, -0.05) is 24.3 Å². The molecule has 8 nitrogen and oxygen atoms in total. The number of nitrogens with one attached hydrogen (secondary N) is 1. The van der Waals surface area contributed by atoms with E-state index in [1.54, 1.807) is 36.3 Å². The molecule has 0 atom stereocenters. The molecule has 0 radical (unpaired) electrons. The molecule has 0 aliphatic heterocycles. The maximum atomic E-state index is 12.1. The van der Waals surface area contributed by atoms with Crippen LogP contribution in [0.25, 0.3) is 5.82 Å². The molecule has 0 aliphatic rings. The van der Waals surface area contributed by atoms with E-state index in [2.05, 4.69) is 21.5 Å². The first kappa shape index (κ1) is 21.0. The molecule has 1 N–H and O–H groups in total. The predicted molar refractivity (Wildman–Crippen MR) is 110 cm³/mol. The molecular weight excluding hydrogens is 382 g/mol. The molecule has 30 heavy (non-hydrogen) atoms. The number of aromatic nitrogens is 3. The third-order valence-corrected chi connectivity index (χ3v) is 4.33. The third-order valence-electron chi connectivity index (χ3n) is 4.33. The van der Waals surface area contributed by atoms with Crippen molar-refractivity contribution < 1.29 is 14.3 Å². The Morgan fingerprint density at radius 1 is 1.17 bits per heavy atom. The Hall–Kier alpha value is -3.70. The minimum absolute atomic E-state index is 0.171. The van der Waals surface area contributed by atoms with E-state index in [1.165, 1.54) is 6.20 Å². The second-order valence-corrected chi connectivity index (χ2v) is 6.57. The van der Waals surface area contributed by atoms with Gasteiger partial charge in [0.1, 0.15) is 6.61 Å². The molecule has 1 aromatic carbocycles. The Bertz CT molecular complexity index is 991. The van der Waals surface area contributed by atoms with Gasteiger partial charge in [0, 0.05) is 26.5 Å². The van der Waals surface area contributed by atoms with Gasteiger partial charge in [0.15, 0.2) is 11.6 Å². The monoisotopic (exact) mass is 405 g/mol. The van der Waals surface area contributed by atoms with Gasteiger partial charge in [0.25, 0.3) is 5.91 Å². The van der Waals surface area contributed by atoms with E-state index in [0.29, 0.717) is 43.3 Å². The van der Waals surface area contributed by atoms with Crippen molar-refractivity contribution in [3.63, 3.8) is 0 Å². The lowest BCUT2D eigenvalue weighted by Gasteiger charge is -2.06. The highest BCUT2D eigenvalue weighted by atomic mass is 16.5. The summed E-state index contributed by atoms with van der Waals surface area (Å²) in [6.07, 6.45) is 6.02. The van der Waals surface area contributed by atoms with E-state index in [4.69, 9.17) is 14.7 Å². The molecular formula is C22H23N5O3. The standard InChI is InChI=1S/C22H23N5O3/c1-29-12-2-11-24-22(28)19-7-8-21(25-13-19)27-15-20(14-26-27)30-16-18-5-3-17(4-6-18)9-10-23/h3-8,13-15H,2,9,11-12,16H2,1H3,(H,24,28). The zero-order valence-electron chi connectivity index (χ0n) is 16.7. The molecule has 0 spiro atoms. The Morgan fingerprint density at radius 3 is 2.67 bits per heavy atom. The minimum atomic E-state index is -0.171. The Balaban J connectivity index is 1.54. The second-order valence-electron chi connectivity index (χ2n) is 6.57. The van der Waals surface area contributed by atoms with Crippen molar-refractivity contribution in [1.82, 2.24) is 20.1 Å². The fourth-order valence-corrected chi connectivity index (χ4v) is 2.69. The number of ether oxygens (including phenoxy) is 2. The van der Waals surface area contributed by atoms with Crippen LogP contribution in [0.3, 0.4) is 0 Å². The largest absolute Gasteiger partial charge is 0.486 e. The SMILES string of the molecule is COCCCNC(=O)c1ccc(-n2cc(OCc3ccc(CC#N)cc3)cn2)nc1. The zero-order valence-corrected chi connectivity index (χ0v) is 16.7. The lowest BCUT2D eigenvalue weighted by atomic mass is 10.1. The molecule has 2 aromatic heterocycles. The van der Waals surface area contributed by atoms with Crippen LogP contribution < -0.4 is 10.1 Å². The van der Waals surface area contributed by atoms with E-state index >= 15 is 0 Å². The lowest BCUT2D eigenvalue weighted by Crippen LogP contribution is -2.25. The van der Waals surface area contributed by atoms with E-state index < -0.39 is 0 Å². The van der Waals surface area contributed by atoms with Crippen molar-refractivity contribution in [2.24, 2.45) is 0 Å².